The topological polar surface area (TPSA) is 121 Å². The van der Waals surface area contributed by atoms with Gasteiger partial charge in [0.2, 0.25) is 21.8 Å². The monoisotopic (exact) mass is 441 g/mol. The van der Waals surface area contributed by atoms with Gasteiger partial charge in [0.15, 0.2) is 5.65 Å². The Morgan fingerprint density at radius 1 is 1.00 bits per heavy atom. The first-order valence-electron chi connectivity index (χ1n) is 9.70. The van der Waals surface area contributed by atoms with Crippen LogP contribution in [0.5, 0.6) is 0 Å². The molecule has 0 saturated carbocycles. The second-order valence-corrected chi connectivity index (χ2v) is 9.52. The highest BCUT2D eigenvalue weighted by Crippen LogP contribution is 2.28. The summed E-state index contributed by atoms with van der Waals surface area (Å²) in [7, 11) is -2.17. The summed E-state index contributed by atoms with van der Waals surface area (Å²) >= 11 is 0. The molecule has 4 heterocycles. The van der Waals surface area contributed by atoms with Gasteiger partial charge in [-0.15, -0.1) is 15.3 Å². The first-order valence-corrected chi connectivity index (χ1v) is 11.1. The number of amides is 2. The Balaban J connectivity index is 1.28. The van der Waals surface area contributed by atoms with Gasteiger partial charge >= 0.3 is 0 Å². The lowest BCUT2D eigenvalue weighted by molar-refractivity contribution is -0.121. The number of aromatic nitrogens is 4. The van der Waals surface area contributed by atoms with Gasteiger partial charge in [0.05, 0.1) is 16.6 Å². The van der Waals surface area contributed by atoms with E-state index in [1.165, 1.54) is 34.9 Å². The molecule has 2 aliphatic heterocycles. The summed E-state index contributed by atoms with van der Waals surface area (Å²) in [6, 6.07) is 9.27. The standard InChI is InChI=1S/C19H19N7O4S/c1-23(14-10-24(11-14)17-7-6-16-21-20-12-25(16)22-17)31(29,30)15-4-2-13(3-5-15)26-18(27)8-9-19(26)28/h2-7,12,14H,8-11H2,1H3. The summed E-state index contributed by atoms with van der Waals surface area (Å²) < 4.78 is 29.0. The van der Waals surface area contributed by atoms with Crippen molar-refractivity contribution < 1.29 is 18.0 Å². The van der Waals surface area contributed by atoms with E-state index in [9.17, 15) is 18.0 Å². The first kappa shape index (κ1) is 19.6. The number of fused-ring (bicyclic) bond motifs is 1. The van der Waals surface area contributed by atoms with Gasteiger partial charge in [-0.3, -0.25) is 14.5 Å². The number of carbonyl (C=O) groups is 2. The summed E-state index contributed by atoms with van der Waals surface area (Å²) in [4.78, 5) is 26.9. The summed E-state index contributed by atoms with van der Waals surface area (Å²) in [5.74, 6) is 0.176. The Kier molecular flexibility index (Phi) is 4.48. The van der Waals surface area contributed by atoms with E-state index in [0.29, 0.717) is 24.4 Å². The maximum atomic E-state index is 13.0. The van der Waals surface area contributed by atoms with Crippen molar-refractivity contribution >= 4 is 39.0 Å². The number of hydrogen-bond acceptors (Lipinski definition) is 8. The number of rotatable bonds is 5. The molecule has 0 N–H and O–H groups in total. The Morgan fingerprint density at radius 3 is 2.35 bits per heavy atom. The number of nitrogens with zero attached hydrogens (tertiary/aromatic N) is 7. The van der Waals surface area contributed by atoms with Crippen LogP contribution in [0, 0.1) is 0 Å². The molecule has 5 rings (SSSR count). The number of hydrogen-bond donors (Lipinski definition) is 0. The van der Waals surface area contributed by atoms with Crippen LogP contribution in [0.15, 0.2) is 47.6 Å². The van der Waals surface area contributed by atoms with Gasteiger partial charge in [-0.1, -0.05) is 0 Å². The maximum Gasteiger partial charge on any atom is 0.243 e. The van der Waals surface area contributed by atoms with E-state index >= 15 is 0 Å². The Hall–Kier alpha value is -3.38. The molecular formula is C19H19N7O4S. The third-order valence-electron chi connectivity index (χ3n) is 5.67. The zero-order chi connectivity index (χ0) is 21.8. The second kappa shape index (κ2) is 7.10. The zero-order valence-electron chi connectivity index (χ0n) is 16.6. The van der Waals surface area contributed by atoms with Gasteiger partial charge in [0.1, 0.15) is 12.1 Å². The maximum absolute atomic E-state index is 13.0. The van der Waals surface area contributed by atoms with Crippen molar-refractivity contribution in [2.75, 3.05) is 29.9 Å². The van der Waals surface area contributed by atoms with Crippen molar-refractivity contribution in [2.45, 2.75) is 23.8 Å². The first-order chi connectivity index (χ1) is 14.8. The predicted octanol–water partition coefficient (Wildman–Crippen LogP) is 0.287. The quantitative estimate of drug-likeness (QED) is 0.518. The molecular weight excluding hydrogens is 422 g/mol. The van der Waals surface area contributed by atoms with Crippen molar-refractivity contribution in [3.8, 4) is 0 Å². The van der Waals surface area contributed by atoms with Crippen LogP contribution in [0.4, 0.5) is 11.5 Å². The van der Waals surface area contributed by atoms with E-state index in [1.807, 2.05) is 11.0 Å². The van der Waals surface area contributed by atoms with Crippen LogP contribution in [0.25, 0.3) is 5.65 Å². The summed E-state index contributed by atoms with van der Waals surface area (Å²) in [6.07, 6.45) is 1.87. The van der Waals surface area contributed by atoms with E-state index < -0.39 is 10.0 Å². The summed E-state index contributed by atoms with van der Waals surface area (Å²) in [5, 5.41) is 12.1. The fourth-order valence-electron chi connectivity index (χ4n) is 3.75. The zero-order valence-corrected chi connectivity index (χ0v) is 17.4. The molecule has 0 unspecified atom stereocenters. The number of anilines is 2. The number of carbonyl (C=O) groups excluding carboxylic acids is 2. The highest BCUT2D eigenvalue weighted by molar-refractivity contribution is 7.89. The van der Waals surface area contributed by atoms with Crippen LogP contribution < -0.4 is 9.80 Å². The minimum absolute atomic E-state index is 0.111. The smallest absolute Gasteiger partial charge is 0.243 e. The highest BCUT2D eigenvalue weighted by atomic mass is 32.2. The average Bonchev–Trinajstić information content (AvgIpc) is 3.32. The van der Waals surface area contributed by atoms with Gasteiger partial charge in [-0.25, -0.2) is 8.42 Å². The normalized spacial score (nSPS) is 17.7. The third kappa shape index (κ3) is 3.24. The minimum Gasteiger partial charge on any atom is -0.352 e. The highest BCUT2D eigenvalue weighted by Gasteiger charge is 2.37. The van der Waals surface area contributed by atoms with Crippen molar-refractivity contribution in [2.24, 2.45) is 0 Å². The van der Waals surface area contributed by atoms with Crippen LogP contribution in [-0.2, 0) is 19.6 Å². The summed E-state index contributed by atoms with van der Waals surface area (Å²) in [5.41, 5.74) is 1.03. The van der Waals surface area contributed by atoms with Crippen LogP contribution in [0.2, 0.25) is 0 Å². The summed E-state index contributed by atoms with van der Waals surface area (Å²) in [6.45, 7) is 1.01. The number of benzene rings is 1. The molecule has 2 aromatic heterocycles. The van der Waals surface area contributed by atoms with E-state index in [0.717, 1.165) is 10.7 Å². The van der Waals surface area contributed by atoms with Gasteiger partial charge in [0, 0.05) is 33.0 Å². The molecule has 31 heavy (non-hydrogen) atoms. The van der Waals surface area contributed by atoms with Crippen LogP contribution in [0.3, 0.4) is 0 Å². The van der Waals surface area contributed by atoms with Crippen molar-refractivity contribution in [1.29, 1.82) is 0 Å². The van der Waals surface area contributed by atoms with E-state index in [1.54, 1.807) is 17.6 Å². The molecule has 12 heteroatoms. The van der Waals surface area contributed by atoms with E-state index in [-0.39, 0.29) is 35.6 Å². The Labute approximate surface area is 177 Å². The molecule has 1 aromatic carbocycles. The third-order valence-corrected chi connectivity index (χ3v) is 7.60. The fourth-order valence-corrected chi connectivity index (χ4v) is 5.09. The molecule has 11 nitrogen and oxygen atoms in total. The number of imide groups is 1. The number of sulfonamides is 1. The Bertz CT molecular complexity index is 1270. The molecule has 0 bridgehead atoms. The van der Waals surface area contributed by atoms with Crippen molar-refractivity contribution in [3.05, 3.63) is 42.7 Å². The molecule has 160 valence electrons. The van der Waals surface area contributed by atoms with Crippen LogP contribution in [-0.4, -0.2) is 70.5 Å². The lowest BCUT2D eigenvalue weighted by Crippen LogP contribution is -2.60. The Morgan fingerprint density at radius 2 is 1.68 bits per heavy atom. The van der Waals surface area contributed by atoms with Crippen LogP contribution >= 0.6 is 0 Å². The molecule has 2 saturated heterocycles. The molecule has 3 aromatic rings. The van der Waals surface area contributed by atoms with E-state index in [2.05, 4.69) is 15.3 Å². The molecule has 2 aliphatic rings. The van der Waals surface area contributed by atoms with E-state index in [4.69, 9.17) is 0 Å². The fraction of sp³-hybridized carbons (Fsp3) is 0.316. The van der Waals surface area contributed by atoms with Crippen molar-refractivity contribution in [1.82, 2.24) is 24.1 Å². The molecule has 2 fully saturated rings. The molecule has 0 atom stereocenters. The van der Waals surface area contributed by atoms with Gasteiger partial charge in [-0.05, 0) is 36.4 Å². The molecule has 0 spiro atoms. The predicted molar refractivity (Wildman–Crippen MR) is 110 cm³/mol. The molecule has 0 aliphatic carbocycles. The van der Waals surface area contributed by atoms with Gasteiger partial charge in [0.25, 0.3) is 0 Å². The number of likely N-dealkylation sites (N-methyl/N-ethyl adjacent to an activating group) is 1. The lowest BCUT2D eigenvalue weighted by Gasteiger charge is -2.43. The lowest BCUT2D eigenvalue weighted by atomic mass is 10.1. The minimum atomic E-state index is -3.73. The molecule has 0 radical (unpaired) electrons. The van der Waals surface area contributed by atoms with Crippen molar-refractivity contribution in [3.63, 3.8) is 0 Å². The largest absolute Gasteiger partial charge is 0.352 e. The van der Waals surface area contributed by atoms with Crippen LogP contribution in [0.1, 0.15) is 12.8 Å². The van der Waals surface area contributed by atoms with Gasteiger partial charge < -0.3 is 4.90 Å². The second-order valence-electron chi connectivity index (χ2n) is 7.52. The SMILES string of the molecule is CN(C1CN(c2ccc3nncn3n2)C1)S(=O)(=O)c1ccc(N2C(=O)CCC2=O)cc1. The molecule has 2 amide bonds. The van der Waals surface area contributed by atoms with Gasteiger partial charge in [-0.2, -0.15) is 8.82 Å². The average molecular weight is 441 g/mol.